The molecule has 0 aromatic heterocycles. The van der Waals surface area contributed by atoms with Gasteiger partial charge in [0.05, 0.1) is 4.92 Å². The Kier molecular flexibility index (Phi) is 10.8. The molecule has 0 amide bonds. The predicted molar refractivity (Wildman–Crippen MR) is 143 cm³/mol. The summed E-state index contributed by atoms with van der Waals surface area (Å²) in [6.45, 7) is 6.44. The Hall–Kier alpha value is -3.18. The van der Waals surface area contributed by atoms with Crippen LogP contribution in [0.3, 0.4) is 0 Å². The maximum atomic E-state index is 11.6. The van der Waals surface area contributed by atoms with E-state index in [4.69, 9.17) is 4.74 Å². The molecular weight excluding hydrogens is 436 g/mol. The van der Waals surface area contributed by atoms with E-state index in [9.17, 15) is 10.1 Å². The quantitative estimate of drug-likeness (QED) is 0.143. The van der Waals surface area contributed by atoms with Crippen molar-refractivity contribution in [1.82, 2.24) is 5.32 Å². The molecule has 35 heavy (non-hydrogen) atoms. The van der Waals surface area contributed by atoms with Crippen molar-refractivity contribution in [1.29, 1.82) is 0 Å². The van der Waals surface area contributed by atoms with Crippen molar-refractivity contribution in [2.75, 3.05) is 13.1 Å². The minimum Gasteiger partial charge on any atom is -0.482 e. The molecule has 0 saturated heterocycles. The van der Waals surface area contributed by atoms with Crippen LogP contribution in [0.4, 0.5) is 5.69 Å². The van der Waals surface area contributed by atoms with E-state index in [-0.39, 0.29) is 10.6 Å². The number of unbranched alkanes of at least 4 members (excludes halogenated alkanes) is 1. The number of benzene rings is 3. The fourth-order valence-corrected chi connectivity index (χ4v) is 4.30. The lowest BCUT2D eigenvalue weighted by Crippen LogP contribution is -2.24. The second kappa shape index (κ2) is 14.3. The lowest BCUT2D eigenvalue weighted by Gasteiger charge is -2.18. The van der Waals surface area contributed by atoms with Gasteiger partial charge in [0.25, 0.3) is 0 Å². The molecule has 1 N–H and O–H groups in total. The van der Waals surface area contributed by atoms with E-state index < -0.39 is 0 Å². The normalized spacial score (nSPS) is 11.8. The molecule has 0 bridgehead atoms. The lowest BCUT2D eigenvalue weighted by atomic mass is 9.93. The first-order valence-corrected chi connectivity index (χ1v) is 12.8. The summed E-state index contributed by atoms with van der Waals surface area (Å²) >= 11 is 0. The first kappa shape index (κ1) is 26.4. The Morgan fingerprint density at radius 1 is 0.886 bits per heavy atom. The molecule has 0 aliphatic heterocycles. The molecule has 186 valence electrons. The first-order valence-electron chi connectivity index (χ1n) is 12.8. The molecule has 5 nitrogen and oxygen atoms in total. The second-order valence-electron chi connectivity index (χ2n) is 9.12. The number of ether oxygens (including phenoxy) is 1. The second-order valence-corrected chi connectivity index (χ2v) is 9.12. The van der Waals surface area contributed by atoms with E-state index >= 15 is 0 Å². The van der Waals surface area contributed by atoms with Gasteiger partial charge < -0.3 is 10.1 Å². The minimum atomic E-state index is -0.362. The molecule has 0 fully saturated rings. The Balaban J connectivity index is 1.53. The van der Waals surface area contributed by atoms with Crippen molar-refractivity contribution < 1.29 is 9.66 Å². The number of nitro groups is 1. The van der Waals surface area contributed by atoms with Crippen molar-refractivity contribution in [2.45, 2.75) is 64.9 Å². The first-order chi connectivity index (χ1) is 17.1. The van der Waals surface area contributed by atoms with Crippen LogP contribution >= 0.6 is 0 Å². The highest BCUT2D eigenvalue weighted by atomic mass is 16.6. The fraction of sp³-hybridized carbons (Fsp3) is 0.400. The summed E-state index contributed by atoms with van der Waals surface area (Å²) < 4.78 is 5.75. The highest BCUT2D eigenvalue weighted by molar-refractivity contribution is 5.49. The van der Waals surface area contributed by atoms with Gasteiger partial charge in [-0.05, 0) is 66.5 Å². The number of nitro benzene ring substituents is 1. The maximum absolute atomic E-state index is 11.6. The SMILES string of the molecule is CCCCc1ccc(C(CCC)CNCCc2ccc(OCc3ccccc3)c([N+](=O)[O-])c2)cc1. The van der Waals surface area contributed by atoms with Gasteiger partial charge in [-0.15, -0.1) is 0 Å². The minimum absolute atomic E-state index is 0.0189. The predicted octanol–water partition coefficient (Wildman–Crippen LogP) is 7.23. The molecule has 0 saturated carbocycles. The molecule has 1 atom stereocenters. The summed E-state index contributed by atoms with van der Waals surface area (Å²) in [5.74, 6) is 0.782. The topological polar surface area (TPSA) is 64.4 Å². The molecule has 5 heteroatoms. The van der Waals surface area contributed by atoms with Crippen molar-refractivity contribution in [2.24, 2.45) is 0 Å². The number of hydrogen-bond donors (Lipinski definition) is 1. The van der Waals surface area contributed by atoms with Gasteiger partial charge in [-0.25, -0.2) is 0 Å². The lowest BCUT2D eigenvalue weighted by molar-refractivity contribution is -0.386. The van der Waals surface area contributed by atoms with E-state index in [2.05, 4.69) is 43.4 Å². The molecular formula is C30H38N2O3. The van der Waals surface area contributed by atoms with Gasteiger partial charge in [0.15, 0.2) is 5.75 Å². The van der Waals surface area contributed by atoms with Gasteiger partial charge in [0.2, 0.25) is 0 Å². The van der Waals surface area contributed by atoms with Gasteiger partial charge >= 0.3 is 5.69 Å². The number of aryl methyl sites for hydroxylation is 1. The summed E-state index contributed by atoms with van der Waals surface area (Å²) in [6.07, 6.45) is 6.61. The molecule has 0 heterocycles. The van der Waals surface area contributed by atoms with Crippen molar-refractivity contribution in [3.8, 4) is 5.75 Å². The van der Waals surface area contributed by atoms with Crippen LogP contribution in [0.5, 0.6) is 5.75 Å². The van der Waals surface area contributed by atoms with Crippen molar-refractivity contribution in [3.63, 3.8) is 0 Å². The Morgan fingerprint density at radius 2 is 1.63 bits per heavy atom. The average molecular weight is 475 g/mol. The van der Waals surface area contributed by atoms with Crippen LogP contribution in [0.15, 0.2) is 72.8 Å². The van der Waals surface area contributed by atoms with Crippen LogP contribution in [0, 0.1) is 10.1 Å². The summed E-state index contributed by atoms with van der Waals surface area (Å²) in [7, 11) is 0. The zero-order chi connectivity index (χ0) is 24.9. The molecule has 3 aromatic rings. The monoisotopic (exact) mass is 474 g/mol. The van der Waals surface area contributed by atoms with E-state index in [1.165, 1.54) is 24.0 Å². The standard InChI is InChI=1S/C30H38N2O3/c1-3-5-10-24-13-16-27(17-14-24)28(9-4-2)22-31-20-19-25-15-18-30(29(21-25)32(33)34)35-23-26-11-7-6-8-12-26/h6-8,11-18,21,28,31H,3-5,9-10,19-20,22-23H2,1-2H3. The van der Waals surface area contributed by atoms with Crippen LogP contribution in [0.1, 0.15) is 67.7 Å². The highest BCUT2D eigenvalue weighted by Crippen LogP contribution is 2.29. The van der Waals surface area contributed by atoms with Crippen LogP contribution in [0.25, 0.3) is 0 Å². The van der Waals surface area contributed by atoms with Crippen LogP contribution in [-0.4, -0.2) is 18.0 Å². The van der Waals surface area contributed by atoms with Crippen LogP contribution in [0.2, 0.25) is 0 Å². The Morgan fingerprint density at radius 3 is 2.31 bits per heavy atom. The Bertz CT molecular complexity index is 1040. The smallest absolute Gasteiger partial charge is 0.311 e. The molecule has 0 radical (unpaired) electrons. The molecule has 0 aliphatic rings. The van der Waals surface area contributed by atoms with E-state index in [1.54, 1.807) is 12.1 Å². The van der Waals surface area contributed by atoms with E-state index in [1.807, 2.05) is 36.4 Å². The van der Waals surface area contributed by atoms with E-state index in [0.717, 1.165) is 49.9 Å². The number of nitrogens with zero attached hydrogens (tertiary/aromatic N) is 1. The largest absolute Gasteiger partial charge is 0.482 e. The van der Waals surface area contributed by atoms with Crippen molar-refractivity contribution >= 4 is 5.69 Å². The molecule has 0 spiro atoms. The third-order valence-corrected chi connectivity index (χ3v) is 6.35. The summed E-state index contributed by atoms with van der Waals surface area (Å²) in [5.41, 5.74) is 4.73. The van der Waals surface area contributed by atoms with Gasteiger partial charge in [-0.3, -0.25) is 10.1 Å². The molecule has 3 rings (SSSR count). The zero-order valence-corrected chi connectivity index (χ0v) is 21.0. The number of hydrogen-bond acceptors (Lipinski definition) is 4. The van der Waals surface area contributed by atoms with Crippen LogP contribution < -0.4 is 10.1 Å². The zero-order valence-electron chi connectivity index (χ0n) is 21.0. The van der Waals surface area contributed by atoms with Gasteiger partial charge in [-0.1, -0.05) is 87.4 Å². The molecule has 3 aromatic carbocycles. The third-order valence-electron chi connectivity index (χ3n) is 6.35. The van der Waals surface area contributed by atoms with Crippen molar-refractivity contribution in [3.05, 3.63) is 105 Å². The van der Waals surface area contributed by atoms with Gasteiger partial charge in [-0.2, -0.15) is 0 Å². The summed E-state index contributed by atoms with van der Waals surface area (Å²) in [6, 6.07) is 24.1. The van der Waals surface area contributed by atoms with E-state index in [0.29, 0.717) is 18.3 Å². The van der Waals surface area contributed by atoms with Gasteiger partial charge in [0.1, 0.15) is 6.61 Å². The highest BCUT2D eigenvalue weighted by Gasteiger charge is 2.16. The maximum Gasteiger partial charge on any atom is 0.311 e. The average Bonchev–Trinajstić information content (AvgIpc) is 2.89. The number of rotatable bonds is 15. The summed E-state index contributed by atoms with van der Waals surface area (Å²) in [4.78, 5) is 11.3. The third kappa shape index (κ3) is 8.52. The fourth-order valence-electron chi connectivity index (χ4n) is 4.30. The molecule has 0 aliphatic carbocycles. The Labute approximate surface area is 209 Å². The number of nitrogens with one attached hydrogen (secondary N) is 1. The van der Waals surface area contributed by atoms with Gasteiger partial charge in [0, 0.05) is 12.6 Å². The van der Waals surface area contributed by atoms with Crippen LogP contribution in [-0.2, 0) is 19.4 Å². The molecule has 1 unspecified atom stereocenters. The summed E-state index contributed by atoms with van der Waals surface area (Å²) in [5, 5.41) is 15.2.